The van der Waals surface area contributed by atoms with Crippen LogP contribution < -0.4 is 5.32 Å². The molecule has 0 saturated carbocycles. The first kappa shape index (κ1) is 15.9. The molecule has 1 unspecified atom stereocenters. The van der Waals surface area contributed by atoms with E-state index in [9.17, 15) is 0 Å². The number of thioether (sulfide) groups is 1. The summed E-state index contributed by atoms with van der Waals surface area (Å²) in [4.78, 5) is 4.05. The lowest BCUT2D eigenvalue weighted by molar-refractivity contribution is 0.218. The molecule has 1 heterocycles. The smallest absolute Gasteiger partial charge is 0.0108 e. The maximum atomic E-state index is 3.53. The van der Waals surface area contributed by atoms with Crippen LogP contribution in [0.25, 0.3) is 0 Å². The molecule has 20 heavy (non-hydrogen) atoms. The van der Waals surface area contributed by atoms with E-state index in [0.29, 0.717) is 0 Å². The van der Waals surface area contributed by atoms with Gasteiger partial charge in [-0.2, -0.15) is 0 Å². The Morgan fingerprint density at radius 3 is 2.80 bits per heavy atom. The monoisotopic (exact) mass is 292 g/mol. The van der Waals surface area contributed by atoms with Gasteiger partial charge in [0.15, 0.2) is 0 Å². The molecule has 0 aromatic heterocycles. The average Bonchev–Trinajstić information content (AvgIpc) is 2.49. The predicted molar refractivity (Wildman–Crippen MR) is 89.5 cm³/mol. The minimum Gasteiger partial charge on any atom is -0.316 e. The first-order valence-electron chi connectivity index (χ1n) is 7.99. The molecule has 2 nitrogen and oxygen atoms in total. The van der Waals surface area contributed by atoms with Crippen molar-refractivity contribution >= 4 is 11.8 Å². The molecule has 1 aromatic carbocycles. The molecule has 1 atom stereocenters. The Bertz CT molecular complexity index is 349. The fraction of sp³-hybridized carbons (Fsp3) is 0.647. The highest BCUT2D eigenvalue weighted by Gasteiger charge is 2.16. The van der Waals surface area contributed by atoms with Crippen LogP contribution in [0.3, 0.4) is 0 Å². The third-order valence-corrected chi connectivity index (χ3v) is 4.87. The minimum absolute atomic E-state index is 0.858. The summed E-state index contributed by atoms with van der Waals surface area (Å²) in [5, 5.41) is 3.53. The molecule has 1 aliphatic rings. The molecule has 0 aliphatic carbocycles. The molecular weight excluding hydrogens is 264 g/mol. The van der Waals surface area contributed by atoms with E-state index in [1.54, 1.807) is 0 Å². The van der Waals surface area contributed by atoms with Gasteiger partial charge in [-0.3, -0.25) is 0 Å². The number of nitrogens with zero attached hydrogens (tertiary/aromatic N) is 1. The summed E-state index contributed by atoms with van der Waals surface area (Å²) >= 11 is 1.98. The van der Waals surface area contributed by atoms with E-state index in [4.69, 9.17) is 0 Å². The topological polar surface area (TPSA) is 15.3 Å². The fourth-order valence-corrected chi connectivity index (χ4v) is 3.80. The van der Waals surface area contributed by atoms with E-state index in [-0.39, 0.29) is 0 Å². The lowest BCUT2D eigenvalue weighted by Gasteiger charge is -2.29. The Morgan fingerprint density at radius 1 is 1.25 bits per heavy atom. The molecule has 1 aliphatic heterocycles. The quantitative estimate of drug-likeness (QED) is 0.738. The van der Waals surface area contributed by atoms with Crippen molar-refractivity contribution in [3.05, 3.63) is 30.3 Å². The van der Waals surface area contributed by atoms with Gasteiger partial charge in [0.25, 0.3) is 0 Å². The van der Waals surface area contributed by atoms with Crippen molar-refractivity contribution < 1.29 is 0 Å². The summed E-state index contributed by atoms with van der Waals surface area (Å²) in [6.07, 6.45) is 4.01. The van der Waals surface area contributed by atoms with Crippen molar-refractivity contribution in [1.29, 1.82) is 0 Å². The van der Waals surface area contributed by atoms with Crippen LogP contribution in [0.15, 0.2) is 35.2 Å². The zero-order chi connectivity index (χ0) is 14.0. The minimum atomic E-state index is 0.858. The second-order valence-corrected chi connectivity index (χ2v) is 6.84. The van der Waals surface area contributed by atoms with Crippen molar-refractivity contribution in [1.82, 2.24) is 10.2 Å². The zero-order valence-electron chi connectivity index (χ0n) is 12.7. The van der Waals surface area contributed by atoms with Gasteiger partial charge in [-0.15, -0.1) is 11.8 Å². The number of hydrogen-bond donors (Lipinski definition) is 1. The summed E-state index contributed by atoms with van der Waals surface area (Å²) in [6.45, 7) is 8.45. The van der Waals surface area contributed by atoms with E-state index in [2.05, 4.69) is 47.5 Å². The van der Waals surface area contributed by atoms with E-state index in [1.807, 2.05) is 11.8 Å². The summed E-state index contributed by atoms with van der Waals surface area (Å²) in [5.41, 5.74) is 0. The molecule has 0 bridgehead atoms. The molecule has 0 amide bonds. The second-order valence-electron chi connectivity index (χ2n) is 5.67. The van der Waals surface area contributed by atoms with Gasteiger partial charge < -0.3 is 10.2 Å². The van der Waals surface area contributed by atoms with Crippen molar-refractivity contribution in [2.45, 2.75) is 31.1 Å². The van der Waals surface area contributed by atoms with Crippen LogP contribution in [0.4, 0.5) is 0 Å². The van der Waals surface area contributed by atoms with Gasteiger partial charge >= 0.3 is 0 Å². The summed E-state index contributed by atoms with van der Waals surface area (Å²) in [5.74, 6) is 2.06. The van der Waals surface area contributed by atoms with Crippen LogP contribution in [-0.2, 0) is 0 Å². The number of nitrogens with one attached hydrogen (secondary N) is 1. The number of rotatable bonds is 8. The van der Waals surface area contributed by atoms with Gasteiger partial charge in [-0.05, 0) is 56.9 Å². The Kier molecular flexibility index (Phi) is 7.48. The predicted octanol–water partition coefficient (Wildman–Crippen LogP) is 3.49. The first-order valence-corrected chi connectivity index (χ1v) is 8.98. The molecule has 3 heteroatoms. The summed E-state index contributed by atoms with van der Waals surface area (Å²) in [6, 6.07) is 10.8. The Balaban J connectivity index is 1.71. The maximum absolute atomic E-state index is 3.53. The highest BCUT2D eigenvalue weighted by Crippen LogP contribution is 2.18. The summed E-state index contributed by atoms with van der Waals surface area (Å²) in [7, 11) is 0. The molecule has 1 N–H and O–H groups in total. The van der Waals surface area contributed by atoms with E-state index >= 15 is 0 Å². The molecule has 0 radical (unpaired) electrons. The van der Waals surface area contributed by atoms with Gasteiger partial charge in [0.05, 0.1) is 0 Å². The van der Waals surface area contributed by atoms with Crippen LogP contribution in [0.2, 0.25) is 0 Å². The number of piperidine rings is 1. The van der Waals surface area contributed by atoms with Gasteiger partial charge in [0.2, 0.25) is 0 Å². The molecule has 1 saturated heterocycles. The molecule has 2 rings (SSSR count). The van der Waals surface area contributed by atoms with Crippen molar-refractivity contribution in [3.8, 4) is 0 Å². The average molecular weight is 292 g/mol. The van der Waals surface area contributed by atoms with E-state index < -0.39 is 0 Å². The van der Waals surface area contributed by atoms with Crippen molar-refractivity contribution in [2.75, 3.05) is 38.5 Å². The van der Waals surface area contributed by atoms with Crippen LogP contribution in [0.5, 0.6) is 0 Å². The van der Waals surface area contributed by atoms with Gasteiger partial charge in [0.1, 0.15) is 0 Å². The van der Waals surface area contributed by atoms with E-state index in [1.165, 1.54) is 62.6 Å². The van der Waals surface area contributed by atoms with Crippen molar-refractivity contribution in [3.63, 3.8) is 0 Å². The standard InChI is InChI=1S/C17H28N2S/c1-2-11-19(15-16-7-6-10-18-14-16)12-13-20-17-8-4-3-5-9-17/h3-5,8-9,16,18H,2,6-7,10-15H2,1H3. The molecule has 0 spiro atoms. The van der Waals surface area contributed by atoms with Crippen LogP contribution >= 0.6 is 11.8 Å². The van der Waals surface area contributed by atoms with Gasteiger partial charge in [0, 0.05) is 23.7 Å². The number of hydrogen-bond acceptors (Lipinski definition) is 3. The lowest BCUT2D eigenvalue weighted by Crippen LogP contribution is -2.39. The maximum Gasteiger partial charge on any atom is 0.0108 e. The molecule has 1 fully saturated rings. The Labute approximate surface area is 128 Å². The molecule has 112 valence electrons. The largest absolute Gasteiger partial charge is 0.316 e. The molecule has 1 aromatic rings. The first-order chi connectivity index (χ1) is 9.88. The highest BCUT2D eigenvalue weighted by molar-refractivity contribution is 7.99. The normalized spacial score (nSPS) is 19.4. The SMILES string of the molecule is CCCN(CCSc1ccccc1)CC1CCCNC1. The van der Waals surface area contributed by atoms with Gasteiger partial charge in [-0.25, -0.2) is 0 Å². The van der Waals surface area contributed by atoms with Crippen LogP contribution in [-0.4, -0.2) is 43.4 Å². The number of benzene rings is 1. The summed E-state index contributed by atoms with van der Waals surface area (Å²) < 4.78 is 0. The van der Waals surface area contributed by atoms with Crippen LogP contribution in [0, 0.1) is 5.92 Å². The fourth-order valence-electron chi connectivity index (χ4n) is 2.86. The van der Waals surface area contributed by atoms with E-state index in [0.717, 1.165) is 5.92 Å². The van der Waals surface area contributed by atoms with Gasteiger partial charge in [-0.1, -0.05) is 25.1 Å². The Hall–Kier alpha value is -0.510. The molecular formula is C17H28N2S. The third kappa shape index (κ3) is 5.86. The van der Waals surface area contributed by atoms with Crippen molar-refractivity contribution in [2.24, 2.45) is 5.92 Å². The lowest BCUT2D eigenvalue weighted by atomic mass is 9.99. The second kappa shape index (κ2) is 9.43. The van der Waals surface area contributed by atoms with Crippen LogP contribution in [0.1, 0.15) is 26.2 Å². The Morgan fingerprint density at radius 2 is 2.10 bits per heavy atom. The zero-order valence-corrected chi connectivity index (χ0v) is 13.5. The third-order valence-electron chi connectivity index (χ3n) is 3.87. The highest BCUT2D eigenvalue weighted by atomic mass is 32.2.